The van der Waals surface area contributed by atoms with Crippen LogP contribution in [0, 0.1) is 0 Å². The first-order valence-corrected chi connectivity index (χ1v) is 8.73. The largest absolute Gasteiger partial charge is 0.663 e. The summed E-state index contributed by atoms with van der Waals surface area (Å²) >= 11 is 0. The first kappa shape index (κ1) is 19.9. The molecule has 0 amide bonds. The van der Waals surface area contributed by atoms with E-state index in [1.54, 1.807) is 18.3 Å². The van der Waals surface area contributed by atoms with Crippen molar-refractivity contribution < 1.29 is 47.0 Å². The Morgan fingerprint density at radius 3 is 2.74 bits per heavy atom. The summed E-state index contributed by atoms with van der Waals surface area (Å²) in [6, 6.07) is 5.08. The first-order valence-electron chi connectivity index (χ1n) is 8.73. The molecule has 0 aliphatic carbocycles. The van der Waals surface area contributed by atoms with Crippen LogP contribution >= 0.6 is 0 Å². The Bertz CT molecular complexity index is 1080. The number of phenolic OH excluding ortho intramolecular Hbond substituents is 1. The molecule has 3 aromatic rings. The van der Waals surface area contributed by atoms with E-state index in [9.17, 15) is 9.90 Å². The molecule has 27 heavy (non-hydrogen) atoms. The zero-order valence-corrected chi connectivity index (χ0v) is 18.4. The number of hydrogen-bond donors (Lipinski definition) is 1. The van der Waals surface area contributed by atoms with Crippen LogP contribution in [0.5, 0.6) is 11.5 Å². The first-order chi connectivity index (χ1) is 12.4. The van der Waals surface area contributed by atoms with Gasteiger partial charge in [0.25, 0.3) is 0 Å². The number of hydrogen-bond acceptors (Lipinski definition) is 4. The molecule has 1 aliphatic heterocycles. The summed E-state index contributed by atoms with van der Waals surface area (Å²) in [6.07, 6.45) is 6.99. The summed E-state index contributed by atoms with van der Waals surface area (Å²) in [5.41, 5.74) is 1.78. The Kier molecular flexibility index (Phi) is 5.37. The molecule has 2 aromatic heterocycles. The molecule has 1 aliphatic rings. The van der Waals surface area contributed by atoms with Crippen molar-refractivity contribution in [1.29, 1.82) is 0 Å². The molecular formula is C21H20NO4Y-. The summed E-state index contributed by atoms with van der Waals surface area (Å²) in [5, 5.41) is 11.7. The molecule has 0 saturated carbocycles. The number of aromatic hydroxyl groups is 1. The summed E-state index contributed by atoms with van der Waals surface area (Å²) < 4.78 is 11.7. The van der Waals surface area contributed by atoms with Gasteiger partial charge >= 0.3 is 5.63 Å². The predicted molar refractivity (Wildman–Crippen MR) is 101 cm³/mol. The number of ether oxygens (including phenoxy) is 1. The Labute approximate surface area is 182 Å². The van der Waals surface area contributed by atoms with E-state index in [0.29, 0.717) is 34.6 Å². The Morgan fingerprint density at radius 2 is 2.07 bits per heavy atom. The van der Waals surface area contributed by atoms with E-state index in [1.165, 1.54) is 6.07 Å². The van der Waals surface area contributed by atoms with Crippen LogP contribution in [0.25, 0.3) is 28.3 Å². The molecule has 0 unspecified atom stereocenters. The number of rotatable bonds is 3. The third-order valence-corrected chi connectivity index (χ3v) is 4.58. The van der Waals surface area contributed by atoms with Crippen LogP contribution in [0.15, 0.2) is 39.7 Å². The van der Waals surface area contributed by atoms with Gasteiger partial charge in [-0.3, -0.25) is 0 Å². The normalized spacial score (nSPS) is 14.5. The molecule has 0 bridgehead atoms. The maximum absolute atomic E-state index is 12.2. The molecule has 1 aromatic carbocycles. The minimum atomic E-state index is -0.522. The van der Waals surface area contributed by atoms with Crippen LogP contribution in [0.2, 0.25) is 0 Å². The van der Waals surface area contributed by atoms with Crippen molar-refractivity contribution >= 4 is 17.0 Å². The van der Waals surface area contributed by atoms with E-state index in [4.69, 9.17) is 9.15 Å². The van der Waals surface area contributed by atoms with Crippen LogP contribution in [0.1, 0.15) is 38.3 Å². The topological polar surface area (TPSA) is 73.8 Å². The van der Waals surface area contributed by atoms with Gasteiger partial charge in [-0.05, 0) is 38.0 Å². The maximum Gasteiger partial charge on any atom is 0.336 e. The molecular weight excluding hydrogens is 419 g/mol. The fourth-order valence-electron chi connectivity index (χ4n) is 3.45. The number of aryl methyl sites for hydroxylation is 1. The van der Waals surface area contributed by atoms with Crippen LogP contribution < -0.4 is 15.3 Å². The van der Waals surface area contributed by atoms with Crippen LogP contribution in [-0.2, 0) is 39.1 Å². The van der Waals surface area contributed by atoms with Crippen molar-refractivity contribution in [3.8, 4) is 22.8 Å². The van der Waals surface area contributed by atoms with Crippen LogP contribution in [0.4, 0.5) is 0 Å². The van der Waals surface area contributed by atoms with Crippen molar-refractivity contribution in [2.45, 2.75) is 39.2 Å². The van der Waals surface area contributed by atoms with Gasteiger partial charge in [0, 0.05) is 44.3 Å². The second kappa shape index (κ2) is 7.29. The molecule has 5 nitrogen and oxygen atoms in total. The van der Waals surface area contributed by atoms with E-state index >= 15 is 0 Å². The molecule has 4 rings (SSSR count). The van der Waals surface area contributed by atoms with Gasteiger partial charge in [0.05, 0.1) is 10.9 Å². The third-order valence-electron chi connectivity index (χ3n) is 4.58. The minimum absolute atomic E-state index is 0. The van der Waals surface area contributed by atoms with Crippen molar-refractivity contribution in [2.75, 3.05) is 0 Å². The Hall–Kier alpha value is -1.85. The Morgan fingerprint density at radius 1 is 1.30 bits per heavy atom. The second-order valence-corrected chi connectivity index (χ2v) is 7.07. The van der Waals surface area contributed by atoms with E-state index in [1.807, 2.05) is 26.0 Å². The molecule has 0 saturated heterocycles. The monoisotopic (exact) mass is 439 g/mol. The van der Waals surface area contributed by atoms with Gasteiger partial charge < -0.3 is 19.2 Å². The van der Waals surface area contributed by atoms with Crippen molar-refractivity contribution in [2.24, 2.45) is 0 Å². The Balaban J connectivity index is 0.00000210. The maximum atomic E-state index is 12.2. The molecule has 137 valence electrons. The van der Waals surface area contributed by atoms with E-state index < -0.39 is 11.2 Å². The summed E-state index contributed by atoms with van der Waals surface area (Å²) in [4.78, 5) is 16.5. The fourth-order valence-corrected chi connectivity index (χ4v) is 3.45. The van der Waals surface area contributed by atoms with Crippen LogP contribution in [-0.4, -0.2) is 10.7 Å². The molecule has 0 spiro atoms. The van der Waals surface area contributed by atoms with E-state index in [0.717, 1.165) is 17.4 Å². The average molecular weight is 439 g/mol. The molecule has 6 heteroatoms. The number of aromatic nitrogens is 1. The van der Waals surface area contributed by atoms with Gasteiger partial charge in [0.2, 0.25) is 0 Å². The number of nitrogens with zero attached hydrogens (tertiary/aromatic N) is 1. The SMILES string of the molecule is CCCc1cc(=O)oc2c(-c3ccc[n-]3)c(O)c3c(c12)OC(C)(C)C=C3.[Y]. The van der Waals surface area contributed by atoms with E-state index in [-0.39, 0.29) is 38.5 Å². The van der Waals surface area contributed by atoms with Gasteiger partial charge in [0.15, 0.2) is 5.58 Å². The molecule has 3 heterocycles. The predicted octanol–water partition coefficient (Wildman–Crippen LogP) is 4.26. The number of fused-ring (bicyclic) bond motifs is 3. The zero-order chi connectivity index (χ0) is 18.5. The summed E-state index contributed by atoms with van der Waals surface area (Å²) in [6.45, 7) is 5.94. The quantitative estimate of drug-likeness (QED) is 0.618. The van der Waals surface area contributed by atoms with Crippen molar-refractivity contribution in [3.63, 3.8) is 0 Å². The van der Waals surface area contributed by atoms with E-state index in [2.05, 4.69) is 11.9 Å². The number of phenols is 1. The summed E-state index contributed by atoms with van der Waals surface area (Å²) in [5.74, 6) is 0.558. The molecule has 0 fully saturated rings. The van der Waals surface area contributed by atoms with Crippen molar-refractivity contribution in [1.82, 2.24) is 4.98 Å². The van der Waals surface area contributed by atoms with Gasteiger partial charge in [-0.2, -0.15) is 6.20 Å². The summed E-state index contributed by atoms with van der Waals surface area (Å²) in [7, 11) is 0. The molecule has 1 N–H and O–H groups in total. The van der Waals surface area contributed by atoms with Gasteiger partial charge in [-0.15, -0.1) is 5.69 Å². The fraction of sp³-hybridized carbons (Fsp3) is 0.286. The zero-order valence-electron chi connectivity index (χ0n) is 15.6. The average Bonchev–Trinajstić information content (AvgIpc) is 3.08. The molecule has 1 radical (unpaired) electrons. The van der Waals surface area contributed by atoms with Crippen molar-refractivity contribution in [3.05, 3.63) is 52.0 Å². The van der Waals surface area contributed by atoms with Gasteiger partial charge in [-0.25, -0.2) is 4.79 Å². The smallest absolute Gasteiger partial charge is 0.336 e. The van der Waals surface area contributed by atoms with Gasteiger partial charge in [-0.1, -0.05) is 25.5 Å². The van der Waals surface area contributed by atoms with Gasteiger partial charge in [0.1, 0.15) is 17.1 Å². The minimum Gasteiger partial charge on any atom is -0.663 e. The molecule has 0 atom stereocenters. The van der Waals surface area contributed by atoms with Crippen LogP contribution in [0.3, 0.4) is 0 Å². The number of benzene rings is 1. The second-order valence-electron chi connectivity index (χ2n) is 7.07. The third kappa shape index (κ3) is 3.39. The standard InChI is InChI=1S/C21H20NO4.Y/c1-4-6-12-11-15(23)25-20-16(12)19-13(8-9-21(2,3)26-19)18(24)17(20)14-7-5-10-22-14;/h5,7-11H,4,6H2,1-3H3,(H,23,24);/q-1;.